The molecular formula is C13H19NO. The van der Waals surface area contributed by atoms with Crippen LogP contribution < -0.4 is 5.32 Å². The molecule has 1 fully saturated rings. The Morgan fingerprint density at radius 2 is 2.07 bits per heavy atom. The fraction of sp³-hybridized carbons (Fsp3) is 0.538. The van der Waals surface area contributed by atoms with Crippen molar-refractivity contribution in [3.05, 3.63) is 29.3 Å². The third-order valence-corrected chi connectivity index (χ3v) is 3.00. The SMILES string of the molecule is Cc1ccc(C)c(NCC2(C)COC2)c1. The molecule has 2 nitrogen and oxygen atoms in total. The first-order chi connectivity index (χ1) is 7.09. The van der Waals surface area contributed by atoms with Crippen molar-refractivity contribution in [2.75, 3.05) is 25.1 Å². The van der Waals surface area contributed by atoms with Crippen LogP contribution in [0.3, 0.4) is 0 Å². The van der Waals surface area contributed by atoms with Crippen LogP contribution in [-0.4, -0.2) is 19.8 Å². The number of ether oxygens (including phenoxy) is 1. The van der Waals surface area contributed by atoms with E-state index in [-0.39, 0.29) is 0 Å². The summed E-state index contributed by atoms with van der Waals surface area (Å²) in [5, 5.41) is 3.52. The number of rotatable bonds is 3. The standard InChI is InChI=1S/C13H19NO/c1-10-4-5-11(2)12(6-10)14-7-13(3)8-15-9-13/h4-6,14H,7-9H2,1-3H3. The van der Waals surface area contributed by atoms with Crippen molar-refractivity contribution in [3.63, 3.8) is 0 Å². The van der Waals surface area contributed by atoms with Crippen LogP contribution >= 0.6 is 0 Å². The molecule has 82 valence electrons. The average molecular weight is 205 g/mol. The zero-order valence-electron chi connectivity index (χ0n) is 9.76. The molecule has 2 rings (SSSR count). The maximum atomic E-state index is 5.24. The van der Waals surface area contributed by atoms with Gasteiger partial charge >= 0.3 is 0 Å². The maximum Gasteiger partial charge on any atom is 0.0559 e. The van der Waals surface area contributed by atoms with E-state index in [9.17, 15) is 0 Å². The van der Waals surface area contributed by atoms with Crippen molar-refractivity contribution in [2.45, 2.75) is 20.8 Å². The van der Waals surface area contributed by atoms with Crippen molar-refractivity contribution in [3.8, 4) is 0 Å². The van der Waals surface area contributed by atoms with E-state index in [4.69, 9.17) is 4.74 Å². The van der Waals surface area contributed by atoms with Crippen LogP contribution in [0, 0.1) is 19.3 Å². The van der Waals surface area contributed by atoms with Crippen molar-refractivity contribution in [1.29, 1.82) is 0 Å². The Morgan fingerprint density at radius 3 is 2.67 bits per heavy atom. The normalized spacial score (nSPS) is 18.3. The Morgan fingerprint density at radius 1 is 1.33 bits per heavy atom. The molecule has 1 aliphatic rings. The number of hydrogen-bond donors (Lipinski definition) is 1. The molecule has 1 aliphatic heterocycles. The number of aryl methyl sites for hydroxylation is 2. The number of benzene rings is 1. The van der Waals surface area contributed by atoms with Gasteiger partial charge in [-0.3, -0.25) is 0 Å². The van der Waals surface area contributed by atoms with Crippen molar-refractivity contribution in [1.82, 2.24) is 0 Å². The molecule has 0 saturated carbocycles. The maximum absolute atomic E-state index is 5.24. The van der Waals surface area contributed by atoms with Crippen molar-refractivity contribution < 1.29 is 4.74 Å². The first kappa shape index (κ1) is 10.5. The van der Waals surface area contributed by atoms with Crippen LogP contribution in [0.15, 0.2) is 18.2 Å². The molecule has 0 aromatic heterocycles. The highest BCUT2D eigenvalue weighted by atomic mass is 16.5. The van der Waals surface area contributed by atoms with Crippen LogP contribution in [-0.2, 0) is 4.74 Å². The molecule has 0 atom stereocenters. The predicted octanol–water partition coefficient (Wildman–Crippen LogP) is 2.75. The number of anilines is 1. The van der Waals surface area contributed by atoms with Crippen LogP contribution in [0.25, 0.3) is 0 Å². The Bertz CT molecular complexity index is 356. The monoisotopic (exact) mass is 205 g/mol. The third-order valence-electron chi connectivity index (χ3n) is 3.00. The van der Waals surface area contributed by atoms with Gasteiger partial charge in [-0.25, -0.2) is 0 Å². The zero-order chi connectivity index (χ0) is 10.9. The summed E-state index contributed by atoms with van der Waals surface area (Å²) in [6.07, 6.45) is 0. The molecule has 0 aliphatic carbocycles. The van der Waals surface area contributed by atoms with Gasteiger partial charge < -0.3 is 10.1 Å². The summed E-state index contributed by atoms with van der Waals surface area (Å²) < 4.78 is 5.24. The molecule has 0 radical (unpaired) electrons. The molecule has 0 spiro atoms. The van der Waals surface area contributed by atoms with E-state index >= 15 is 0 Å². The molecule has 0 amide bonds. The van der Waals surface area contributed by atoms with Gasteiger partial charge in [0.15, 0.2) is 0 Å². The van der Waals surface area contributed by atoms with Gasteiger partial charge in [0.1, 0.15) is 0 Å². The zero-order valence-corrected chi connectivity index (χ0v) is 9.76. The van der Waals surface area contributed by atoms with E-state index in [2.05, 4.69) is 44.3 Å². The fourth-order valence-electron chi connectivity index (χ4n) is 1.79. The lowest BCUT2D eigenvalue weighted by Gasteiger charge is -2.38. The second kappa shape index (κ2) is 3.86. The summed E-state index contributed by atoms with van der Waals surface area (Å²) >= 11 is 0. The summed E-state index contributed by atoms with van der Waals surface area (Å²) in [7, 11) is 0. The lowest BCUT2D eigenvalue weighted by Crippen LogP contribution is -2.45. The van der Waals surface area contributed by atoms with Gasteiger partial charge in [0.2, 0.25) is 0 Å². The van der Waals surface area contributed by atoms with Gasteiger partial charge in [0.05, 0.1) is 13.2 Å². The molecule has 15 heavy (non-hydrogen) atoms. The van der Waals surface area contributed by atoms with E-state index in [1.54, 1.807) is 0 Å². The van der Waals surface area contributed by atoms with Crippen LogP contribution in [0.1, 0.15) is 18.1 Å². The minimum atomic E-state index is 0.330. The Hall–Kier alpha value is -1.02. The molecule has 2 heteroatoms. The van der Waals surface area contributed by atoms with Gasteiger partial charge in [-0.15, -0.1) is 0 Å². The van der Waals surface area contributed by atoms with Crippen molar-refractivity contribution >= 4 is 5.69 Å². The van der Waals surface area contributed by atoms with Gasteiger partial charge in [-0.1, -0.05) is 19.1 Å². The summed E-state index contributed by atoms with van der Waals surface area (Å²) in [6, 6.07) is 6.52. The highest BCUT2D eigenvalue weighted by Crippen LogP contribution is 2.27. The minimum absolute atomic E-state index is 0.330. The Balaban J connectivity index is 2.01. The fourth-order valence-corrected chi connectivity index (χ4v) is 1.79. The molecular weight excluding hydrogens is 186 g/mol. The summed E-state index contributed by atoms with van der Waals surface area (Å²) in [4.78, 5) is 0. The minimum Gasteiger partial charge on any atom is -0.384 e. The van der Waals surface area contributed by atoms with E-state index < -0.39 is 0 Å². The topological polar surface area (TPSA) is 21.3 Å². The molecule has 1 aromatic carbocycles. The first-order valence-electron chi connectivity index (χ1n) is 5.48. The molecule has 0 bridgehead atoms. The number of hydrogen-bond acceptors (Lipinski definition) is 2. The Kier molecular flexibility index (Phi) is 2.70. The van der Waals surface area contributed by atoms with E-state index in [1.807, 2.05) is 0 Å². The molecule has 1 N–H and O–H groups in total. The number of nitrogens with one attached hydrogen (secondary N) is 1. The molecule has 1 heterocycles. The van der Waals surface area contributed by atoms with Gasteiger partial charge in [0.25, 0.3) is 0 Å². The summed E-state index contributed by atoms with van der Waals surface area (Å²) in [6.45, 7) is 9.28. The van der Waals surface area contributed by atoms with Crippen molar-refractivity contribution in [2.24, 2.45) is 5.41 Å². The molecule has 1 saturated heterocycles. The first-order valence-corrected chi connectivity index (χ1v) is 5.48. The largest absolute Gasteiger partial charge is 0.384 e. The highest BCUT2D eigenvalue weighted by Gasteiger charge is 2.32. The quantitative estimate of drug-likeness (QED) is 0.819. The van der Waals surface area contributed by atoms with Crippen LogP contribution in [0.4, 0.5) is 5.69 Å². The third kappa shape index (κ3) is 2.32. The summed E-state index contributed by atoms with van der Waals surface area (Å²) in [5.74, 6) is 0. The average Bonchev–Trinajstić information content (AvgIpc) is 2.17. The second-order valence-electron chi connectivity index (χ2n) is 4.98. The lowest BCUT2D eigenvalue weighted by molar-refractivity contribution is -0.0924. The Labute approximate surface area is 91.6 Å². The second-order valence-corrected chi connectivity index (χ2v) is 4.98. The predicted molar refractivity (Wildman–Crippen MR) is 63.3 cm³/mol. The van der Waals surface area contributed by atoms with E-state index in [0.717, 1.165) is 19.8 Å². The van der Waals surface area contributed by atoms with Crippen LogP contribution in [0.5, 0.6) is 0 Å². The van der Waals surface area contributed by atoms with Gasteiger partial charge in [0, 0.05) is 17.6 Å². The lowest BCUT2D eigenvalue weighted by atomic mass is 9.88. The molecule has 0 unspecified atom stereocenters. The highest BCUT2D eigenvalue weighted by molar-refractivity contribution is 5.52. The molecule has 1 aromatic rings. The summed E-state index contributed by atoms with van der Waals surface area (Å²) in [5.41, 5.74) is 4.20. The van der Waals surface area contributed by atoms with Gasteiger partial charge in [-0.05, 0) is 31.0 Å². The van der Waals surface area contributed by atoms with Gasteiger partial charge in [-0.2, -0.15) is 0 Å². The van der Waals surface area contributed by atoms with E-state index in [0.29, 0.717) is 5.41 Å². The van der Waals surface area contributed by atoms with Crippen LogP contribution in [0.2, 0.25) is 0 Å². The smallest absolute Gasteiger partial charge is 0.0559 e. The van der Waals surface area contributed by atoms with E-state index in [1.165, 1.54) is 16.8 Å².